The first kappa shape index (κ1) is 15.6. The van der Waals surface area contributed by atoms with Gasteiger partial charge in [0.1, 0.15) is 5.69 Å². The van der Waals surface area contributed by atoms with Crippen molar-refractivity contribution in [1.82, 2.24) is 14.7 Å². The van der Waals surface area contributed by atoms with E-state index in [4.69, 9.17) is 5.73 Å². The van der Waals surface area contributed by atoms with Crippen LogP contribution < -0.4 is 5.73 Å². The molecule has 0 fully saturated rings. The quantitative estimate of drug-likeness (QED) is 0.923. The summed E-state index contributed by atoms with van der Waals surface area (Å²) in [5.74, 6) is -0.0643. The van der Waals surface area contributed by atoms with Crippen LogP contribution in [0.4, 0.5) is 5.69 Å². The molecule has 0 aliphatic carbocycles. The summed E-state index contributed by atoms with van der Waals surface area (Å²) in [6, 6.07) is 4.13. The van der Waals surface area contributed by atoms with Gasteiger partial charge in [-0.15, -0.1) is 11.3 Å². The van der Waals surface area contributed by atoms with E-state index in [9.17, 15) is 4.79 Å². The Bertz CT molecular complexity index is 616. The van der Waals surface area contributed by atoms with Crippen molar-refractivity contribution in [3.63, 3.8) is 0 Å². The van der Waals surface area contributed by atoms with Crippen LogP contribution in [-0.2, 0) is 20.0 Å². The highest BCUT2D eigenvalue weighted by Gasteiger charge is 2.26. The lowest BCUT2D eigenvalue weighted by molar-refractivity contribution is 0.0682. The number of carbonyl (C=O) groups excluding carboxylic acids is 1. The Morgan fingerprint density at radius 1 is 1.52 bits per heavy atom. The van der Waals surface area contributed by atoms with Gasteiger partial charge in [0.25, 0.3) is 5.91 Å². The van der Waals surface area contributed by atoms with E-state index < -0.39 is 0 Å². The number of aromatic nitrogens is 2. The number of amides is 1. The molecule has 0 atom stereocenters. The second-order valence-corrected chi connectivity index (χ2v) is 6.32. The van der Waals surface area contributed by atoms with E-state index >= 15 is 0 Å². The van der Waals surface area contributed by atoms with Gasteiger partial charge in [-0.05, 0) is 31.7 Å². The summed E-state index contributed by atoms with van der Waals surface area (Å²) in [5, 5.41) is 6.36. The van der Waals surface area contributed by atoms with E-state index in [0.29, 0.717) is 17.9 Å². The molecule has 0 radical (unpaired) electrons. The minimum atomic E-state index is -0.0643. The fourth-order valence-corrected chi connectivity index (χ4v) is 3.01. The van der Waals surface area contributed by atoms with Crippen LogP contribution in [0.2, 0.25) is 0 Å². The largest absolute Gasteiger partial charge is 0.395 e. The third-order valence-corrected chi connectivity index (χ3v) is 4.35. The molecule has 114 valence electrons. The number of aryl methyl sites for hydroxylation is 2. The van der Waals surface area contributed by atoms with Crippen LogP contribution in [0.25, 0.3) is 0 Å². The Hall–Kier alpha value is -1.82. The van der Waals surface area contributed by atoms with Crippen LogP contribution in [0.15, 0.2) is 17.5 Å². The van der Waals surface area contributed by atoms with Crippen molar-refractivity contribution in [3.05, 3.63) is 33.8 Å². The first-order chi connectivity index (χ1) is 9.95. The predicted octanol–water partition coefficient (Wildman–Crippen LogP) is 2.68. The van der Waals surface area contributed by atoms with Crippen molar-refractivity contribution in [3.8, 4) is 0 Å². The number of anilines is 1. The average molecular weight is 306 g/mol. The van der Waals surface area contributed by atoms with E-state index in [1.165, 1.54) is 0 Å². The van der Waals surface area contributed by atoms with Crippen LogP contribution in [0.5, 0.6) is 0 Å². The van der Waals surface area contributed by atoms with Crippen LogP contribution in [0.3, 0.4) is 0 Å². The number of carbonyl (C=O) groups is 1. The summed E-state index contributed by atoms with van der Waals surface area (Å²) in [7, 11) is 1.77. The molecule has 1 amide bonds. The van der Waals surface area contributed by atoms with Crippen molar-refractivity contribution in [2.75, 3.05) is 5.73 Å². The fraction of sp³-hybridized carbons (Fsp3) is 0.467. The number of thiophene rings is 1. The van der Waals surface area contributed by atoms with Gasteiger partial charge in [-0.25, -0.2) is 0 Å². The lowest BCUT2D eigenvalue weighted by Crippen LogP contribution is -2.37. The minimum absolute atomic E-state index is 0.0643. The average Bonchev–Trinajstić information content (AvgIpc) is 3.03. The highest BCUT2D eigenvalue weighted by atomic mass is 32.1. The Balaban J connectivity index is 2.33. The molecule has 2 aromatic rings. The summed E-state index contributed by atoms with van der Waals surface area (Å²) < 4.78 is 1.60. The molecule has 2 N–H and O–H groups in total. The van der Waals surface area contributed by atoms with Gasteiger partial charge in [0, 0.05) is 18.0 Å². The number of nitrogens with zero attached hydrogens (tertiary/aromatic N) is 3. The molecule has 21 heavy (non-hydrogen) atoms. The molecule has 2 heterocycles. The van der Waals surface area contributed by atoms with Gasteiger partial charge >= 0.3 is 0 Å². The molecule has 6 heteroatoms. The number of hydrogen-bond acceptors (Lipinski definition) is 4. The zero-order valence-electron chi connectivity index (χ0n) is 13.0. The van der Waals surface area contributed by atoms with Gasteiger partial charge in [-0.2, -0.15) is 5.10 Å². The lowest BCUT2D eigenvalue weighted by atomic mass is 10.2. The van der Waals surface area contributed by atoms with Gasteiger partial charge in [-0.3, -0.25) is 9.48 Å². The van der Waals surface area contributed by atoms with Gasteiger partial charge < -0.3 is 10.6 Å². The Labute approximate surface area is 129 Å². The highest BCUT2D eigenvalue weighted by molar-refractivity contribution is 7.09. The molecule has 0 spiro atoms. The van der Waals surface area contributed by atoms with E-state index in [1.807, 2.05) is 43.2 Å². The maximum atomic E-state index is 12.9. The molecule has 2 aromatic heterocycles. The summed E-state index contributed by atoms with van der Waals surface area (Å²) >= 11 is 1.65. The van der Waals surface area contributed by atoms with E-state index in [0.717, 1.165) is 17.0 Å². The zero-order valence-corrected chi connectivity index (χ0v) is 13.8. The van der Waals surface area contributed by atoms with Crippen molar-refractivity contribution in [2.45, 2.75) is 39.8 Å². The van der Waals surface area contributed by atoms with Gasteiger partial charge in [0.2, 0.25) is 0 Å². The normalized spacial score (nSPS) is 11.1. The Kier molecular flexibility index (Phi) is 4.67. The van der Waals surface area contributed by atoms with Gasteiger partial charge in [-0.1, -0.05) is 13.0 Å². The standard InChI is InChI=1S/C15H22N4OS/c1-5-12-13(16)14(18(4)17-12)15(20)19(10(2)3)9-11-7-6-8-21-11/h6-8,10H,5,9,16H2,1-4H3. The summed E-state index contributed by atoms with van der Waals surface area (Å²) in [6.45, 7) is 6.61. The van der Waals surface area contributed by atoms with E-state index in [2.05, 4.69) is 5.10 Å². The second kappa shape index (κ2) is 6.30. The molecule has 0 saturated carbocycles. The molecule has 0 saturated heterocycles. The first-order valence-electron chi connectivity index (χ1n) is 7.10. The monoisotopic (exact) mass is 306 g/mol. The maximum absolute atomic E-state index is 12.9. The van der Waals surface area contributed by atoms with Crippen molar-refractivity contribution in [2.24, 2.45) is 7.05 Å². The highest BCUT2D eigenvalue weighted by Crippen LogP contribution is 2.22. The van der Waals surface area contributed by atoms with Crippen LogP contribution in [-0.4, -0.2) is 26.6 Å². The maximum Gasteiger partial charge on any atom is 0.274 e. The van der Waals surface area contributed by atoms with Crippen LogP contribution in [0, 0.1) is 0 Å². The summed E-state index contributed by atoms with van der Waals surface area (Å²) in [6.07, 6.45) is 0.722. The third-order valence-electron chi connectivity index (χ3n) is 3.49. The molecule has 0 bridgehead atoms. The van der Waals surface area contributed by atoms with E-state index in [-0.39, 0.29) is 11.9 Å². The molecule has 2 rings (SSSR count). The SMILES string of the molecule is CCc1nn(C)c(C(=O)N(Cc2cccs2)C(C)C)c1N. The molecule has 0 unspecified atom stereocenters. The predicted molar refractivity (Wildman–Crippen MR) is 86.3 cm³/mol. The molecule has 0 aromatic carbocycles. The summed E-state index contributed by atoms with van der Waals surface area (Å²) in [5.41, 5.74) is 7.86. The summed E-state index contributed by atoms with van der Waals surface area (Å²) in [4.78, 5) is 15.9. The smallest absolute Gasteiger partial charge is 0.274 e. The van der Waals surface area contributed by atoms with Crippen LogP contribution >= 0.6 is 11.3 Å². The number of nitrogens with two attached hydrogens (primary N) is 1. The number of nitrogen functional groups attached to an aromatic ring is 1. The fourth-order valence-electron chi connectivity index (χ4n) is 2.31. The molecule has 0 aliphatic heterocycles. The zero-order chi connectivity index (χ0) is 15.6. The van der Waals surface area contributed by atoms with Gasteiger partial charge in [0.05, 0.1) is 17.9 Å². The molecular formula is C15H22N4OS. The molecule has 0 aliphatic rings. The van der Waals surface area contributed by atoms with Crippen LogP contribution in [0.1, 0.15) is 41.8 Å². The molecule has 5 nitrogen and oxygen atoms in total. The molecular weight excluding hydrogens is 284 g/mol. The van der Waals surface area contributed by atoms with Crippen molar-refractivity contribution >= 4 is 22.9 Å². The third kappa shape index (κ3) is 3.10. The minimum Gasteiger partial charge on any atom is -0.395 e. The van der Waals surface area contributed by atoms with Gasteiger partial charge in [0.15, 0.2) is 0 Å². The Morgan fingerprint density at radius 3 is 2.71 bits per heavy atom. The Morgan fingerprint density at radius 2 is 2.24 bits per heavy atom. The van der Waals surface area contributed by atoms with E-state index in [1.54, 1.807) is 23.1 Å². The van der Waals surface area contributed by atoms with Crippen molar-refractivity contribution < 1.29 is 4.79 Å². The van der Waals surface area contributed by atoms with Crippen molar-refractivity contribution in [1.29, 1.82) is 0 Å². The topological polar surface area (TPSA) is 64.2 Å². The lowest BCUT2D eigenvalue weighted by Gasteiger charge is -2.26. The second-order valence-electron chi connectivity index (χ2n) is 5.29. The first-order valence-corrected chi connectivity index (χ1v) is 7.98. The number of rotatable bonds is 5. The number of hydrogen-bond donors (Lipinski definition) is 1.